The standard InChI is InChI=1S/C7H10N2OS/c1-3-6(10)5-4-11-7(8-2)9-5/h4H,3H2,1-2H3,(H,8,9). The van der Waals surface area contributed by atoms with Crippen LogP contribution in [0.15, 0.2) is 5.38 Å². The van der Waals surface area contributed by atoms with E-state index in [2.05, 4.69) is 10.3 Å². The van der Waals surface area contributed by atoms with Crippen molar-refractivity contribution in [1.82, 2.24) is 4.98 Å². The fourth-order valence-corrected chi connectivity index (χ4v) is 1.37. The second kappa shape index (κ2) is 3.48. The first kappa shape index (κ1) is 8.20. The molecule has 0 atom stereocenters. The number of nitrogens with one attached hydrogen (secondary N) is 1. The molecule has 1 aromatic heterocycles. The van der Waals surface area contributed by atoms with E-state index in [9.17, 15) is 4.79 Å². The molecule has 4 heteroatoms. The number of Topliss-reactive ketones (excluding diaryl/α,β-unsaturated/α-hetero) is 1. The number of ketones is 1. The Labute approximate surface area is 69.5 Å². The van der Waals surface area contributed by atoms with Crippen LogP contribution in [0.1, 0.15) is 23.8 Å². The van der Waals surface area contributed by atoms with Gasteiger partial charge in [-0.3, -0.25) is 4.79 Å². The molecule has 1 aromatic rings. The third-order valence-electron chi connectivity index (χ3n) is 1.32. The van der Waals surface area contributed by atoms with Crippen molar-refractivity contribution in [1.29, 1.82) is 0 Å². The van der Waals surface area contributed by atoms with Gasteiger partial charge < -0.3 is 5.32 Å². The molecule has 0 radical (unpaired) electrons. The van der Waals surface area contributed by atoms with Crippen molar-refractivity contribution in [2.45, 2.75) is 13.3 Å². The smallest absolute Gasteiger partial charge is 0.183 e. The first-order chi connectivity index (χ1) is 5.27. The minimum Gasteiger partial charge on any atom is -0.365 e. The zero-order valence-corrected chi connectivity index (χ0v) is 7.36. The molecule has 60 valence electrons. The topological polar surface area (TPSA) is 42.0 Å². The van der Waals surface area contributed by atoms with Gasteiger partial charge in [-0.15, -0.1) is 11.3 Å². The minimum atomic E-state index is 0.0998. The van der Waals surface area contributed by atoms with E-state index < -0.39 is 0 Å². The second-order valence-electron chi connectivity index (χ2n) is 2.06. The SMILES string of the molecule is CCC(=O)c1csc(NC)n1. The summed E-state index contributed by atoms with van der Waals surface area (Å²) in [6.07, 6.45) is 0.521. The lowest BCUT2D eigenvalue weighted by Gasteiger charge is -1.89. The van der Waals surface area contributed by atoms with Crippen LogP contribution in [0.3, 0.4) is 0 Å². The number of aromatic nitrogens is 1. The van der Waals surface area contributed by atoms with Crippen LogP contribution in [0, 0.1) is 0 Å². The summed E-state index contributed by atoms with van der Waals surface area (Å²) in [4.78, 5) is 15.1. The van der Waals surface area contributed by atoms with Crippen molar-refractivity contribution in [2.24, 2.45) is 0 Å². The largest absolute Gasteiger partial charge is 0.365 e. The lowest BCUT2D eigenvalue weighted by molar-refractivity contribution is 0.0984. The molecule has 0 amide bonds. The summed E-state index contributed by atoms with van der Waals surface area (Å²) in [6.45, 7) is 1.83. The Balaban J connectivity index is 2.80. The lowest BCUT2D eigenvalue weighted by atomic mass is 10.2. The molecule has 0 saturated carbocycles. The molecule has 3 nitrogen and oxygen atoms in total. The maximum absolute atomic E-state index is 11.1. The molecule has 0 unspecified atom stereocenters. The predicted octanol–water partition coefficient (Wildman–Crippen LogP) is 1.78. The third kappa shape index (κ3) is 1.77. The quantitative estimate of drug-likeness (QED) is 0.703. The zero-order chi connectivity index (χ0) is 8.27. The van der Waals surface area contributed by atoms with Gasteiger partial charge in [0.25, 0.3) is 0 Å². The summed E-state index contributed by atoms with van der Waals surface area (Å²) < 4.78 is 0. The van der Waals surface area contributed by atoms with Gasteiger partial charge in [0.1, 0.15) is 5.69 Å². The van der Waals surface area contributed by atoms with Gasteiger partial charge in [0.15, 0.2) is 10.9 Å². The molecule has 0 spiro atoms. The highest BCUT2D eigenvalue weighted by Crippen LogP contribution is 2.15. The summed E-state index contributed by atoms with van der Waals surface area (Å²) in [5.74, 6) is 0.0998. The van der Waals surface area contributed by atoms with Crippen molar-refractivity contribution < 1.29 is 4.79 Å². The predicted molar refractivity (Wildman–Crippen MR) is 46.3 cm³/mol. The van der Waals surface area contributed by atoms with Gasteiger partial charge in [-0.05, 0) is 0 Å². The highest BCUT2D eigenvalue weighted by molar-refractivity contribution is 7.13. The molecule has 1 rings (SSSR count). The van der Waals surface area contributed by atoms with Gasteiger partial charge in [-0.2, -0.15) is 0 Å². The van der Waals surface area contributed by atoms with Crippen LogP contribution in [-0.2, 0) is 0 Å². The van der Waals surface area contributed by atoms with Gasteiger partial charge in [0.2, 0.25) is 0 Å². The summed E-state index contributed by atoms with van der Waals surface area (Å²) in [7, 11) is 1.79. The van der Waals surface area contributed by atoms with Crippen LogP contribution in [0.5, 0.6) is 0 Å². The Bertz CT molecular complexity index is 257. The third-order valence-corrected chi connectivity index (χ3v) is 2.18. The van der Waals surface area contributed by atoms with Gasteiger partial charge in [0, 0.05) is 18.8 Å². The Morgan fingerprint density at radius 3 is 3.00 bits per heavy atom. The number of rotatable bonds is 3. The van der Waals surface area contributed by atoms with Crippen LogP contribution in [0.25, 0.3) is 0 Å². The van der Waals surface area contributed by atoms with E-state index in [0.29, 0.717) is 12.1 Å². The molecule has 11 heavy (non-hydrogen) atoms. The molecule has 1 heterocycles. The maximum atomic E-state index is 11.1. The van der Waals surface area contributed by atoms with Crippen molar-refractivity contribution in [3.05, 3.63) is 11.1 Å². The minimum absolute atomic E-state index is 0.0998. The van der Waals surface area contributed by atoms with Crippen LogP contribution < -0.4 is 5.32 Å². The van der Waals surface area contributed by atoms with Crippen LogP contribution >= 0.6 is 11.3 Å². The Morgan fingerprint density at radius 1 is 1.82 bits per heavy atom. The van der Waals surface area contributed by atoms with Crippen molar-refractivity contribution in [3.8, 4) is 0 Å². The molecule has 0 aromatic carbocycles. The normalized spacial score (nSPS) is 9.64. The van der Waals surface area contributed by atoms with Gasteiger partial charge in [-0.1, -0.05) is 6.92 Å². The van der Waals surface area contributed by atoms with Gasteiger partial charge >= 0.3 is 0 Å². The van der Waals surface area contributed by atoms with Crippen LogP contribution in [0.2, 0.25) is 0 Å². The summed E-state index contributed by atoms with van der Waals surface area (Å²) in [5, 5.41) is 5.45. The summed E-state index contributed by atoms with van der Waals surface area (Å²) in [5.41, 5.74) is 0.571. The van der Waals surface area contributed by atoms with E-state index in [1.165, 1.54) is 11.3 Å². The summed E-state index contributed by atoms with van der Waals surface area (Å²) >= 11 is 1.45. The molecular weight excluding hydrogens is 160 g/mol. The first-order valence-corrected chi connectivity index (χ1v) is 4.32. The molecular formula is C7H10N2OS. The number of thiazole rings is 1. The number of hydrogen-bond acceptors (Lipinski definition) is 4. The first-order valence-electron chi connectivity index (χ1n) is 3.44. The number of nitrogens with zero attached hydrogens (tertiary/aromatic N) is 1. The molecule has 1 N–H and O–H groups in total. The second-order valence-corrected chi connectivity index (χ2v) is 2.92. The van der Waals surface area contributed by atoms with E-state index in [0.717, 1.165) is 5.13 Å². The molecule has 0 aliphatic rings. The molecule has 0 saturated heterocycles. The highest BCUT2D eigenvalue weighted by Gasteiger charge is 2.06. The van der Waals surface area contributed by atoms with Crippen LogP contribution in [0.4, 0.5) is 5.13 Å². The highest BCUT2D eigenvalue weighted by atomic mass is 32.1. The molecule has 0 fully saturated rings. The van der Waals surface area contributed by atoms with Crippen molar-refractivity contribution >= 4 is 22.3 Å². The fraction of sp³-hybridized carbons (Fsp3) is 0.429. The lowest BCUT2D eigenvalue weighted by Crippen LogP contribution is -1.97. The number of anilines is 1. The monoisotopic (exact) mass is 170 g/mol. The van der Waals surface area contributed by atoms with E-state index in [4.69, 9.17) is 0 Å². The summed E-state index contributed by atoms with van der Waals surface area (Å²) in [6, 6.07) is 0. The Hall–Kier alpha value is -0.900. The average Bonchev–Trinajstić information content (AvgIpc) is 2.50. The zero-order valence-electron chi connectivity index (χ0n) is 6.55. The Kier molecular flexibility index (Phi) is 2.59. The number of hydrogen-bond donors (Lipinski definition) is 1. The van der Waals surface area contributed by atoms with E-state index in [-0.39, 0.29) is 5.78 Å². The van der Waals surface area contributed by atoms with Crippen molar-refractivity contribution in [2.75, 3.05) is 12.4 Å². The van der Waals surface area contributed by atoms with Gasteiger partial charge in [-0.25, -0.2) is 4.98 Å². The number of carbonyl (C=O) groups is 1. The van der Waals surface area contributed by atoms with Gasteiger partial charge in [0.05, 0.1) is 0 Å². The number of carbonyl (C=O) groups excluding carboxylic acids is 1. The van der Waals surface area contributed by atoms with Crippen molar-refractivity contribution in [3.63, 3.8) is 0 Å². The fourth-order valence-electron chi connectivity index (χ4n) is 0.698. The molecule has 0 aliphatic heterocycles. The van der Waals surface area contributed by atoms with Crippen LogP contribution in [-0.4, -0.2) is 17.8 Å². The Morgan fingerprint density at radius 2 is 2.55 bits per heavy atom. The van der Waals surface area contributed by atoms with E-state index in [1.807, 2.05) is 6.92 Å². The molecule has 0 bridgehead atoms. The van der Waals surface area contributed by atoms with E-state index in [1.54, 1.807) is 12.4 Å². The van der Waals surface area contributed by atoms with E-state index >= 15 is 0 Å². The average molecular weight is 170 g/mol. The molecule has 0 aliphatic carbocycles. The maximum Gasteiger partial charge on any atom is 0.183 e.